The zero-order chi connectivity index (χ0) is 15.2. The van der Waals surface area contributed by atoms with Crippen LogP contribution in [-0.4, -0.2) is 29.9 Å². The summed E-state index contributed by atoms with van der Waals surface area (Å²) < 4.78 is 26.1. The quantitative estimate of drug-likeness (QED) is 0.860. The summed E-state index contributed by atoms with van der Waals surface area (Å²) in [5.74, 6) is -0.751. The second-order valence-corrected chi connectivity index (χ2v) is 7.97. The Morgan fingerprint density at radius 2 is 2.14 bits per heavy atom. The minimum atomic E-state index is -3.17. The maximum absolute atomic E-state index is 11.9. The molecule has 110 valence electrons. The fourth-order valence-electron chi connectivity index (χ4n) is 2.45. The van der Waals surface area contributed by atoms with Gasteiger partial charge in [0.1, 0.15) is 0 Å². The maximum Gasteiger partial charge on any atom is 0.269 e. The molecule has 0 unspecified atom stereocenters. The molecule has 1 aromatic heterocycles. The van der Waals surface area contributed by atoms with Gasteiger partial charge in [-0.05, 0) is 24.6 Å². The van der Waals surface area contributed by atoms with Crippen LogP contribution in [0.1, 0.15) is 21.7 Å². The molecule has 3 rings (SSSR count). The van der Waals surface area contributed by atoms with Crippen LogP contribution in [0.25, 0.3) is 5.69 Å². The van der Waals surface area contributed by atoms with Gasteiger partial charge in [0.25, 0.3) is 5.91 Å². The Labute approximate surface area is 130 Å². The van der Waals surface area contributed by atoms with Crippen molar-refractivity contribution in [2.45, 2.75) is 12.2 Å². The van der Waals surface area contributed by atoms with E-state index in [2.05, 4.69) is 21.0 Å². The summed E-state index contributed by atoms with van der Waals surface area (Å²) in [5, 5.41) is 4.23. The molecule has 0 aliphatic carbocycles. The molecule has 2 heterocycles. The number of sulfone groups is 1. The Balaban J connectivity index is 2.24. The lowest BCUT2D eigenvalue weighted by atomic mass is 10.1. The van der Waals surface area contributed by atoms with Crippen LogP contribution in [0.3, 0.4) is 0 Å². The number of amides is 1. The van der Waals surface area contributed by atoms with Gasteiger partial charge in [-0.2, -0.15) is 5.10 Å². The molecule has 1 amide bonds. The number of aromatic nitrogens is 2. The van der Waals surface area contributed by atoms with E-state index in [0.29, 0.717) is 16.9 Å². The number of carbonyl (C=O) groups is 1. The summed E-state index contributed by atoms with van der Waals surface area (Å²) in [7, 11) is -3.17. The average molecular weight is 370 g/mol. The van der Waals surface area contributed by atoms with E-state index in [1.807, 2.05) is 12.1 Å². The minimum Gasteiger partial charge on any atom is -0.364 e. The van der Waals surface area contributed by atoms with Crippen molar-refractivity contribution in [2.75, 3.05) is 5.75 Å². The molecule has 1 aliphatic heterocycles. The van der Waals surface area contributed by atoms with Crippen molar-refractivity contribution in [3.63, 3.8) is 0 Å². The predicted octanol–water partition coefficient (Wildman–Crippen LogP) is 1.20. The first-order chi connectivity index (χ1) is 9.87. The van der Waals surface area contributed by atoms with Gasteiger partial charge >= 0.3 is 0 Å². The molecule has 0 fully saturated rings. The van der Waals surface area contributed by atoms with Crippen LogP contribution in [0.15, 0.2) is 28.7 Å². The van der Waals surface area contributed by atoms with Crippen LogP contribution in [0.5, 0.6) is 0 Å². The highest BCUT2D eigenvalue weighted by Gasteiger charge is 2.30. The van der Waals surface area contributed by atoms with Gasteiger partial charge in [-0.3, -0.25) is 4.79 Å². The molecular formula is C13H12BrN3O3S. The molecule has 1 aromatic carbocycles. The summed E-state index contributed by atoms with van der Waals surface area (Å²) in [6.07, 6.45) is 0.268. The highest BCUT2D eigenvalue weighted by molar-refractivity contribution is 9.10. The first-order valence-electron chi connectivity index (χ1n) is 6.24. The van der Waals surface area contributed by atoms with Crippen molar-refractivity contribution in [2.24, 2.45) is 5.73 Å². The van der Waals surface area contributed by atoms with Crippen LogP contribution in [0.4, 0.5) is 0 Å². The van der Waals surface area contributed by atoms with Crippen molar-refractivity contribution >= 4 is 31.7 Å². The molecule has 0 saturated heterocycles. The summed E-state index contributed by atoms with van der Waals surface area (Å²) in [6.45, 7) is 0. The Hall–Kier alpha value is -1.67. The van der Waals surface area contributed by atoms with Crippen molar-refractivity contribution in [3.05, 3.63) is 45.7 Å². The molecule has 0 atom stereocenters. The lowest BCUT2D eigenvalue weighted by Gasteiger charge is -2.15. The topological polar surface area (TPSA) is 95.1 Å². The van der Waals surface area contributed by atoms with Crippen molar-refractivity contribution in [3.8, 4) is 5.69 Å². The molecule has 8 heteroatoms. The van der Waals surface area contributed by atoms with Gasteiger partial charge in [-0.1, -0.05) is 22.0 Å². The van der Waals surface area contributed by atoms with Crippen LogP contribution in [0.2, 0.25) is 0 Å². The van der Waals surface area contributed by atoms with E-state index < -0.39 is 15.7 Å². The smallest absolute Gasteiger partial charge is 0.269 e. The van der Waals surface area contributed by atoms with Gasteiger partial charge in [0, 0.05) is 10.0 Å². The lowest BCUT2D eigenvalue weighted by molar-refractivity contribution is 0.0994. The number of carbonyl (C=O) groups excluding carboxylic acids is 1. The van der Waals surface area contributed by atoms with Gasteiger partial charge in [-0.25, -0.2) is 13.1 Å². The Morgan fingerprint density at radius 3 is 2.81 bits per heavy atom. The van der Waals surface area contributed by atoms with Gasteiger partial charge in [0.05, 0.1) is 22.9 Å². The molecule has 2 N–H and O–H groups in total. The molecule has 6 nitrogen and oxygen atoms in total. The van der Waals surface area contributed by atoms with Crippen LogP contribution in [0, 0.1) is 0 Å². The zero-order valence-corrected chi connectivity index (χ0v) is 13.3. The summed E-state index contributed by atoms with van der Waals surface area (Å²) in [4.78, 5) is 11.5. The van der Waals surface area contributed by atoms with E-state index in [1.54, 1.807) is 12.1 Å². The van der Waals surface area contributed by atoms with Gasteiger partial charge in [0.15, 0.2) is 15.5 Å². The highest BCUT2D eigenvalue weighted by atomic mass is 79.9. The van der Waals surface area contributed by atoms with Crippen LogP contribution < -0.4 is 5.73 Å². The molecule has 2 aromatic rings. The fourth-order valence-corrected chi connectivity index (χ4v) is 4.21. The van der Waals surface area contributed by atoms with E-state index in [0.717, 1.165) is 4.47 Å². The number of fused-ring (bicyclic) bond motifs is 1. The third kappa shape index (κ3) is 2.60. The van der Waals surface area contributed by atoms with Gasteiger partial charge < -0.3 is 5.73 Å². The number of nitrogens with two attached hydrogens (primary N) is 1. The standard InChI is InChI=1S/C13H12BrN3O3S/c14-8-2-1-3-9(6-8)17-11-7-21(19,20)5-4-10(11)12(16-17)13(15)18/h1-3,6H,4-5,7H2,(H2,15,18). The summed E-state index contributed by atoms with van der Waals surface area (Å²) in [5.41, 5.74) is 7.35. The van der Waals surface area contributed by atoms with Gasteiger partial charge in [0.2, 0.25) is 0 Å². The lowest BCUT2D eigenvalue weighted by Crippen LogP contribution is -2.22. The molecule has 0 spiro atoms. The SMILES string of the molecule is NC(=O)c1nn(-c2cccc(Br)c2)c2c1CCS(=O)(=O)C2. The van der Waals surface area contributed by atoms with E-state index in [4.69, 9.17) is 5.73 Å². The molecule has 21 heavy (non-hydrogen) atoms. The maximum atomic E-state index is 11.9. The van der Waals surface area contributed by atoms with Crippen LogP contribution >= 0.6 is 15.9 Å². The second-order valence-electron chi connectivity index (χ2n) is 4.87. The number of halogens is 1. The molecule has 0 radical (unpaired) electrons. The van der Waals surface area contributed by atoms with Crippen molar-refractivity contribution < 1.29 is 13.2 Å². The van der Waals surface area contributed by atoms with E-state index in [9.17, 15) is 13.2 Å². The number of benzene rings is 1. The number of rotatable bonds is 2. The Morgan fingerprint density at radius 1 is 1.38 bits per heavy atom. The highest BCUT2D eigenvalue weighted by Crippen LogP contribution is 2.27. The van der Waals surface area contributed by atoms with Crippen molar-refractivity contribution in [1.82, 2.24) is 9.78 Å². The number of hydrogen-bond acceptors (Lipinski definition) is 4. The van der Waals surface area contributed by atoms with Crippen molar-refractivity contribution in [1.29, 1.82) is 0 Å². The number of nitrogens with zero attached hydrogens (tertiary/aromatic N) is 2. The summed E-state index contributed by atoms with van der Waals surface area (Å²) >= 11 is 3.36. The minimum absolute atomic E-state index is 0.0183. The third-order valence-corrected chi connectivity index (χ3v) is 5.43. The first-order valence-corrected chi connectivity index (χ1v) is 8.86. The second kappa shape index (κ2) is 4.96. The van der Waals surface area contributed by atoms with E-state index in [-0.39, 0.29) is 23.6 Å². The molecule has 0 bridgehead atoms. The van der Waals surface area contributed by atoms with Gasteiger partial charge in [-0.15, -0.1) is 0 Å². The van der Waals surface area contributed by atoms with Crippen LogP contribution in [-0.2, 0) is 22.0 Å². The normalized spacial score (nSPS) is 16.4. The third-order valence-electron chi connectivity index (χ3n) is 3.40. The largest absolute Gasteiger partial charge is 0.364 e. The Kier molecular flexibility index (Phi) is 3.37. The number of hydrogen-bond donors (Lipinski definition) is 1. The molecule has 0 saturated carbocycles. The summed E-state index contributed by atoms with van der Waals surface area (Å²) in [6, 6.07) is 7.27. The zero-order valence-electron chi connectivity index (χ0n) is 10.9. The predicted molar refractivity (Wildman–Crippen MR) is 81.0 cm³/mol. The molecule has 1 aliphatic rings. The Bertz CT molecular complexity index is 842. The monoisotopic (exact) mass is 369 g/mol. The molecular weight excluding hydrogens is 358 g/mol. The average Bonchev–Trinajstić information content (AvgIpc) is 2.76. The van der Waals surface area contributed by atoms with E-state index >= 15 is 0 Å². The van der Waals surface area contributed by atoms with E-state index in [1.165, 1.54) is 4.68 Å². The fraction of sp³-hybridized carbons (Fsp3) is 0.231. The number of primary amides is 1. The first kappa shape index (κ1) is 14.3.